The first-order valence-electron chi connectivity index (χ1n) is 5.80. The van der Waals surface area contributed by atoms with Gasteiger partial charge in [0.2, 0.25) is 0 Å². The van der Waals surface area contributed by atoms with Crippen LogP contribution in [0.25, 0.3) is 0 Å². The van der Waals surface area contributed by atoms with E-state index < -0.39 is 16.6 Å². The molecule has 0 aromatic heterocycles. The number of amides is 1. The van der Waals surface area contributed by atoms with Crippen molar-refractivity contribution in [1.29, 1.82) is 0 Å². The van der Waals surface area contributed by atoms with E-state index in [0.717, 1.165) is 30.0 Å². The quantitative estimate of drug-likeness (QED) is 0.457. The molecule has 0 spiro atoms. The molecule has 1 aromatic rings. The Morgan fingerprint density at radius 3 is 2.74 bits per heavy atom. The molecule has 0 aliphatic rings. The van der Waals surface area contributed by atoms with Gasteiger partial charge >= 0.3 is 0 Å². The van der Waals surface area contributed by atoms with Gasteiger partial charge in [-0.3, -0.25) is 14.9 Å². The van der Waals surface area contributed by atoms with Gasteiger partial charge in [-0.15, -0.1) is 0 Å². The number of hydrogen-bond donors (Lipinski definition) is 0. The average molecular weight is 333 g/mol. The molecule has 1 amide bonds. The predicted molar refractivity (Wildman–Crippen MR) is 73.0 cm³/mol. The second-order valence-electron chi connectivity index (χ2n) is 3.85. The van der Waals surface area contributed by atoms with E-state index in [1.54, 1.807) is 6.92 Å². The van der Waals surface area contributed by atoms with E-state index in [-0.39, 0.29) is 11.3 Å². The molecule has 0 saturated heterocycles. The summed E-state index contributed by atoms with van der Waals surface area (Å²) in [5.41, 5.74) is -0.579. The maximum Gasteiger partial charge on any atom is 0.282 e. The highest BCUT2D eigenvalue weighted by Gasteiger charge is 2.24. The smallest absolute Gasteiger partial charge is 0.282 e. The monoisotopic (exact) mass is 332 g/mol. The Labute approximate surface area is 118 Å². The molecule has 7 heteroatoms. The van der Waals surface area contributed by atoms with Crippen LogP contribution in [-0.2, 0) is 0 Å². The van der Waals surface area contributed by atoms with Crippen molar-refractivity contribution in [2.75, 3.05) is 18.4 Å². The molecule has 104 valence electrons. The van der Waals surface area contributed by atoms with Crippen LogP contribution in [0.3, 0.4) is 0 Å². The van der Waals surface area contributed by atoms with Crippen molar-refractivity contribution in [3.8, 4) is 0 Å². The first kappa shape index (κ1) is 15.6. The van der Waals surface area contributed by atoms with E-state index >= 15 is 0 Å². The standard InChI is InChI=1S/C12H14BrFN2O3/c1-2-15(7-3-6-13)12(17)10-8-9(14)4-5-11(10)16(18)19/h4-5,8H,2-3,6-7H2,1H3. The topological polar surface area (TPSA) is 63.5 Å². The highest BCUT2D eigenvalue weighted by atomic mass is 79.9. The van der Waals surface area contributed by atoms with Gasteiger partial charge in [-0.2, -0.15) is 0 Å². The third-order valence-electron chi connectivity index (χ3n) is 2.62. The number of benzene rings is 1. The third kappa shape index (κ3) is 3.99. The van der Waals surface area contributed by atoms with Crippen molar-refractivity contribution in [2.45, 2.75) is 13.3 Å². The molecule has 1 rings (SSSR count). The van der Waals surface area contributed by atoms with Gasteiger partial charge in [0, 0.05) is 24.5 Å². The van der Waals surface area contributed by atoms with Crippen molar-refractivity contribution in [3.63, 3.8) is 0 Å². The van der Waals surface area contributed by atoms with Gasteiger partial charge in [-0.05, 0) is 25.5 Å². The number of halogens is 2. The zero-order valence-corrected chi connectivity index (χ0v) is 12.0. The highest BCUT2D eigenvalue weighted by molar-refractivity contribution is 9.09. The Morgan fingerprint density at radius 2 is 2.21 bits per heavy atom. The number of carbonyl (C=O) groups is 1. The van der Waals surface area contributed by atoms with Crippen LogP contribution in [0, 0.1) is 15.9 Å². The van der Waals surface area contributed by atoms with Crippen LogP contribution in [0.4, 0.5) is 10.1 Å². The van der Waals surface area contributed by atoms with Crippen LogP contribution in [0.15, 0.2) is 18.2 Å². The van der Waals surface area contributed by atoms with E-state index in [9.17, 15) is 19.3 Å². The maximum atomic E-state index is 13.2. The lowest BCUT2D eigenvalue weighted by molar-refractivity contribution is -0.385. The Morgan fingerprint density at radius 1 is 1.53 bits per heavy atom. The third-order valence-corrected chi connectivity index (χ3v) is 3.18. The van der Waals surface area contributed by atoms with Crippen molar-refractivity contribution in [1.82, 2.24) is 4.90 Å². The number of nitro benzene ring substituents is 1. The number of nitro groups is 1. The number of rotatable bonds is 6. The van der Waals surface area contributed by atoms with E-state index in [4.69, 9.17) is 0 Å². The fourth-order valence-electron chi connectivity index (χ4n) is 1.66. The molecule has 0 bridgehead atoms. The van der Waals surface area contributed by atoms with E-state index in [1.807, 2.05) is 0 Å². The molecular weight excluding hydrogens is 319 g/mol. The van der Waals surface area contributed by atoms with E-state index in [1.165, 1.54) is 4.90 Å². The molecule has 0 aliphatic carbocycles. The molecule has 0 fully saturated rings. The van der Waals surface area contributed by atoms with Gasteiger partial charge in [0.15, 0.2) is 0 Å². The summed E-state index contributed by atoms with van der Waals surface area (Å²) in [5.74, 6) is -1.18. The van der Waals surface area contributed by atoms with Crippen LogP contribution in [0.5, 0.6) is 0 Å². The average Bonchev–Trinajstić information content (AvgIpc) is 2.38. The maximum absolute atomic E-state index is 13.2. The van der Waals surface area contributed by atoms with Crippen molar-refractivity contribution in [2.24, 2.45) is 0 Å². The highest BCUT2D eigenvalue weighted by Crippen LogP contribution is 2.21. The van der Waals surface area contributed by atoms with Crippen molar-refractivity contribution in [3.05, 3.63) is 39.7 Å². The van der Waals surface area contributed by atoms with Crippen LogP contribution in [0.2, 0.25) is 0 Å². The van der Waals surface area contributed by atoms with Gasteiger partial charge in [0.05, 0.1) is 4.92 Å². The Bertz CT molecular complexity index is 482. The van der Waals surface area contributed by atoms with Gasteiger partial charge in [-0.25, -0.2) is 4.39 Å². The number of hydrogen-bond acceptors (Lipinski definition) is 3. The molecule has 0 N–H and O–H groups in total. The van der Waals surface area contributed by atoms with Crippen LogP contribution in [-0.4, -0.2) is 34.2 Å². The van der Waals surface area contributed by atoms with Gasteiger partial charge in [0.1, 0.15) is 11.4 Å². The van der Waals surface area contributed by atoms with Gasteiger partial charge in [-0.1, -0.05) is 15.9 Å². The fourth-order valence-corrected chi connectivity index (χ4v) is 1.91. The number of nitrogens with zero attached hydrogens (tertiary/aromatic N) is 2. The minimum absolute atomic E-state index is 0.207. The lowest BCUT2D eigenvalue weighted by Gasteiger charge is -2.20. The minimum Gasteiger partial charge on any atom is -0.339 e. The van der Waals surface area contributed by atoms with Gasteiger partial charge in [0.25, 0.3) is 11.6 Å². The summed E-state index contributed by atoms with van der Waals surface area (Å²) in [6.45, 7) is 2.66. The molecule has 0 atom stereocenters. The Kier molecular flexibility index (Phi) is 5.88. The molecule has 0 aliphatic heterocycles. The second kappa shape index (κ2) is 7.18. The first-order chi connectivity index (χ1) is 9.01. The zero-order chi connectivity index (χ0) is 14.4. The summed E-state index contributed by atoms with van der Waals surface area (Å²) < 4.78 is 13.2. The summed E-state index contributed by atoms with van der Waals surface area (Å²) in [7, 11) is 0. The number of alkyl halides is 1. The molecule has 0 saturated carbocycles. The summed E-state index contributed by atoms with van der Waals surface area (Å²) in [5, 5.41) is 11.6. The molecule has 5 nitrogen and oxygen atoms in total. The first-order valence-corrected chi connectivity index (χ1v) is 6.92. The lowest BCUT2D eigenvalue weighted by atomic mass is 10.1. The summed E-state index contributed by atoms with van der Waals surface area (Å²) >= 11 is 3.26. The number of carbonyl (C=O) groups excluding carboxylic acids is 1. The van der Waals surface area contributed by atoms with Crippen LogP contribution >= 0.6 is 15.9 Å². The summed E-state index contributed by atoms with van der Waals surface area (Å²) in [6, 6.07) is 2.90. The van der Waals surface area contributed by atoms with Crippen molar-refractivity contribution < 1.29 is 14.1 Å². The van der Waals surface area contributed by atoms with E-state index in [2.05, 4.69) is 15.9 Å². The van der Waals surface area contributed by atoms with E-state index in [0.29, 0.717) is 13.1 Å². The zero-order valence-electron chi connectivity index (χ0n) is 10.4. The minimum atomic E-state index is -0.676. The second-order valence-corrected chi connectivity index (χ2v) is 4.64. The van der Waals surface area contributed by atoms with Gasteiger partial charge < -0.3 is 4.90 Å². The summed E-state index contributed by atoms with van der Waals surface area (Å²) in [6.07, 6.45) is 0.725. The van der Waals surface area contributed by atoms with Crippen molar-refractivity contribution >= 4 is 27.5 Å². The molecular formula is C12H14BrFN2O3. The van der Waals surface area contributed by atoms with Crippen LogP contribution in [0.1, 0.15) is 23.7 Å². The largest absolute Gasteiger partial charge is 0.339 e. The molecule has 0 unspecified atom stereocenters. The predicted octanol–water partition coefficient (Wildman–Crippen LogP) is 2.98. The molecule has 0 radical (unpaired) electrons. The molecule has 0 heterocycles. The normalized spacial score (nSPS) is 10.3. The summed E-state index contributed by atoms with van der Waals surface area (Å²) in [4.78, 5) is 23.9. The fraction of sp³-hybridized carbons (Fsp3) is 0.417. The SMILES string of the molecule is CCN(CCCBr)C(=O)c1cc(F)ccc1[N+](=O)[O-]. The Hall–Kier alpha value is -1.50. The van der Waals surface area contributed by atoms with Crippen LogP contribution < -0.4 is 0 Å². The lowest BCUT2D eigenvalue weighted by Crippen LogP contribution is -2.32. The Balaban J connectivity index is 3.09. The molecule has 19 heavy (non-hydrogen) atoms. The molecule has 1 aromatic carbocycles.